The number of rotatable bonds is 7. The average molecular weight is 343 g/mol. The van der Waals surface area contributed by atoms with Gasteiger partial charge in [-0.15, -0.1) is 0 Å². The summed E-state index contributed by atoms with van der Waals surface area (Å²) in [5.41, 5.74) is 9.32. The molecule has 3 amide bonds. The summed E-state index contributed by atoms with van der Waals surface area (Å²) in [6, 6.07) is 9.06. The maximum absolute atomic E-state index is 13.1. The standard InChI is InChI=1S/C18H25N5O2/c1-4-14(11-8-12-20-21-19)17(24)23-16(13(2)22(3)18(23)25)15-9-6-5-7-10-15/h5-7,9-10,13-14,16H,4,8,11-12H2,1-3H3/t13-,14+,16-/m1/s1. The van der Waals surface area contributed by atoms with Crippen molar-refractivity contribution in [3.8, 4) is 0 Å². The molecule has 0 N–H and O–H groups in total. The Hall–Kier alpha value is -2.53. The summed E-state index contributed by atoms with van der Waals surface area (Å²) in [5, 5.41) is 3.52. The van der Waals surface area contributed by atoms with E-state index in [1.807, 2.05) is 44.2 Å². The molecule has 7 nitrogen and oxygen atoms in total. The molecule has 1 saturated heterocycles. The summed E-state index contributed by atoms with van der Waals surface area (Å²) in [5.74, 6) is -0.388. The van der Waals surface area contributed by atoms with Gasteiger partial charge in [0.25, 0.3) is 0 Å². The third kappa shape index (κ3) is 3.94. The van der Waals surface area contributed by atoms with E-state index in [0.29, 0.717) is 25.8 Å². The molecule has 0 aromatic heterocycles. The molecule has 1 aliphatic rings. The van der Waals surface area contributed by atoms with Gasteiger partial charge in [-0.25, -0.2) is 4.79 Å². The van der Waals surface area contributed by atoms with Crippen molar-refractivity contribution >= 4 is 11.9 Å². The van der Waals surface area contributed by atoms with E-state index < -0.39 is 0 Å². The van der Waals surface area contributed by atoms with Gasteiger partial charge in [0.05, 0.1) is 12.1 Å². The SMILES string of the molecule is CC[C@@H](CCCN=[N+]=[N-])C(=O)N1C(=O)N(C)[C@H](C)[C@@H]1c1ccccc1. The van der Waals surface area contributed by atoms with Crippen LogP contribution in [-0.4, -0.2) is 41.4 Å². The highest BCUT2D eigenvalue weighted by molar-refractivity contribution is 5.97. The molecular weight excluding hydrogens is 318 g/mol. The fourth-order valence-corrected chi connectivity index (χ4v) is 3.35. The van der Waals surface area contributed by atoms with E-state index >= 15 is 0 Å². The van der Waals surface area contributed by atoms with Crippen molar-refractivity contribution in [3.63, 3.8) is 0 Å². The zero-order valence-electron chi connectivity index (χ0n) is 15.0. The molecule has 3 atom stereocenters. The average Bonchev–Trinajstić information content (AvgIpc) is 2.86. The Labute approximate surface area is 148 Å². The number of hydrogen-bond donors (Lipinski definition) is 0. The number of azide groups is 1. The maximum Gasteiger partial charge on any atom is 0.327 e. The molecule has 25 heavy (non-hydrogen) atoms. The molecule has 0 unspecified atom stereocenters. The largest absolute Gasteiger partial charge is 0.327 e. The topological polar surface area (TPSA) is 89.4 Å². The number of imide groups is 1. The van der Waals surface area contributed by atoms with Gasteiger partial charge >= 0.3 is 6.03 Å². The van der Waals surface area contributed by atoms with Gasteiger partial charge in [0.15, 0.2) is 0 Å². The monoisotopic (exact) mass is 343 g/mol. The predicted molar refractivity (Wildman–Crippen MR) is 95.7 cm³/mol. The Morgan fingerprint density at radius 3 is 2.64 bits per heavy atom. The predicted octanol–water partition coefficient (Wildman–Crippen LogP) is 4.13. The summed E-state index contributed by atoms with van der Waals surface area (Å²) in [4.78, 5) is 31.6. The number of nitrogens with zero attached hydrogens (tertiary/aromatic N) is 5. The molecule has 0 bridgehead atoms. The number of carbonyl (C=O) groups is 2. The van der Waals surface area contributed by atoms with Gasteiger partial charge in [-0.05, 0) is 37.3 Å². The molecule has 1 heterocycles. The van der Waals surface area contributed by atoms with Gasteiger partial charge in [0, 0.05) is 24.4 Å². The summed E-state index contributed by atoms with van der Waals surface area (Å²) in [6.45, 7) is 4.28. The molecule has 1 aromatic rings. The van der Waals surface area contributed by atoms with Crippen molar-refractivity contribution in [2.45, 2.75) is 45.2 Å². The molecule has 1 aromatic carbocycles. The van der Waals surface area contributed by atoms with Crippen LogP contribution in [0.3, 0.4) is 0 Å². The fourth-order valence-electron chi connectivity index (χ4n) is 3.35. The van der Waals surface area contributed by atoms with Crippen LogP contribution < -0.4 is 0 Å². The van der Waals surface area contributed by atoms with Crippen LogP contribution in [0.2, 0.25) is 0 Å². The molecule has 0 aliphatic carbocycles. The van der Waals surface area contributed by atoms with Gasteiger partial charge in [0.2, 0.25) is 5.91 Å². The van der Waals surface area contributed by atoms with E-state index in [-0.39, 0.29) is 29.9 Å². The fraction of sp³-hybridized carbons (Fsp3) is 0.556. The Balaban J connectivity index is 2.24. The molecule has 7 heteroatoms. The summed E-state index contributed by atoms with van der Waals surface area (Å²) >= 11 is 0. The minimum absolute atomic E-state index is 0.0838. The number of urea groups is 1. The number of amides is 3. The van der Waals surface area contributed by atoms with Crippen molar-refractivity contribution < 1.29 is 9.59 Å². The Morgan fingerprint density at radius 2 is 2.04 bits per heavy atom. The van der Waals surface area contributed by atoms with Crippen molar-refractivity contribution in [1.82, 2.24) is 9.80 Å². The smallest absolute Gasteiger partial charge is 0.322 e. The molecular formula is C18H25N5O2. The second-order valence-corrected chi connectivity index (χ2v) is 6.40. The van der Waals surface area contributed by atoms with Crippen molar-refractivity contribution in [2.75, 3.05) is 13.6 Å². The lowest BCUT2D eigenvalue weighted by atomic mass is 9.95. The first-order valence-electron chi connectivity index (χ1n) is 8.68. The van der Waals surface area contributed by atoms with Gasteiger partial charge in [-0.1, -0.05) is 42.4 Å². The summed E-state index contributed by atoms with van der Waals surface area (Å²) in [6.07, 6.45) is 1.90. The minimum atomic E-state index is -0.280. The zero-order chi connectivity index (χ0) is 18.4. The zero-order valence-corrected chi connectivity index (χ0v) is 15.0. The van der Waals surface area contributed by atoms with E-state index in [2.05, 4.69) is 10.0 Å². The molecule has 0 radical (unpaired) electrons. The lowest BCUT2D eigenvalue weighted by Gasteiger charge is -2.27. The third-order valence-corrected chi connectivity index (χ3v) is 4.95. The van der Waals surface area contributed by atoms with E-state index in [0.717, 1.165) is 5.56 Å². The first-order valence-corrected chi connectivity index (χ1v) is 8.68. The second kappa shape index (κ2) is 8.53. The molecule has 1 fully saturated rings. The maximum atomic E-state index is 13.1. The quantitative estimate of drug-likeness (QED) is 0.322. The summed E-state index contributed by atoms with van der Waals surface area (Å²) < 4.78 is 0. The molecule has 2 rings (SSSR count). The van der Waals surface area contributed by atoms with Gasteiger partial charge in [0.1, 0.15) is 0 Å². The highest BCUT2D eigenvalue weighted by Gasteiger charge is 2.46. The van der Waals surface area contributed by atoms with Crippen LogP contribution in [0.4, 0.5) is 4.79 Å². The van der Waals surface area contributed by atoms with Crippen LogP contribution >= 0.6 is 0 Å². The third-order valence-electron chi connectivity index (χ3n) is 4.95. The number of likely N-dealkylation sites (N-methyl/N-ethyl adjacent to an activating group) is 1. The number of benzene rings is 1. The highest BCUT2D eigenvalue weighted by Crippen LogP contribution is 2.36. The van der Waals surface area contributed by atoms with Gasteiger partial charge in [-0.3, -0.25) is 9.69 Å². The number of hydrogen-bond acceptors (Lipinski definition) is 3. The van der Waals surface area contributed by atoms with Gasteiger partial charge < -0.3 is 4.90 Å². The van der Waals surface area contributed by atoms with Crippen molar-refractivity contribution in [2.24, 2.45) is 11.0 Å². The summed E-state index contributed by atoms with van der Waals surface area (Å²) in [7, 11) is 1.73. The minimum Gasteiger partial charge on any atom is -0.322 e. The number of carbonyl (C=O) groups excluding carboxylic acids is 2. The van der Waals surface area contributed by atoms with E-state index in [4.69, 9.17) is 5.53 Å². The van der Waals surface area contributed by atoms with Crippen molar-refractivity contribution in [3.05, 3.63) is 46.3 Å². The molecule has 0 spiro atoms. The second-order valence-electron chi connectivity index (χ2n) is 6.40. The van der Waals surface area contributed by atoms with Crippen LogP contribution in [0.25, 0.3) is 10.4 Å². The molecule has 0 saturated carbocycles. The van der Waals surface area contributed by atoms with Crippen LogP contribution in [0.5, 0.6) is 0 Å². The lowest BCUT2D eigenvalue weighted by molar-refractivity contribution is -0.134. The van der Waals surface area contributed by atoms with Crippen LogP contribution in [0.15, 0.2) is 35.4 Å². The first kappa shape index (κ1) is 18.8. The first-order chi connectivity index (χ1) is 12.0. The molecule has 1 aliphatic heterocycles. The Kier molecular flexibility index (Phi) is 6.42. The highest BCUT2D eigenvalue weighted by atomic mass is 16.2. The van der Waals surface area contributed by atoms with E-state index in [1.165, 1.54) is 4.90 Å². The Bertz CT molecular complexity index is 657. The van der Waals surface area contributed by atoms with E-state index in [1.54, 1.807) is 11.9 Å². The van der Waals surface area contributed by atoms with E-state index in [9.17, 15) is 9.59 Å². The van der Waals surface area contributed by atoms with Crippen molar-refractivity contribution in [1.29, 1.82) is 0 Å². The van der Waals surface area contributed by atoms with Crippen LogP contribution in [0, 0.1) is 5.92 Å². The van der Waals surface area contributed by atoms with Gasteiger partial charge in [-0.2, -0.15) is 0 Å². The molecule has 134 valence electrons. The Morgan fingerprint density at radius 1 is 1.36 bits per heavy atom. The van der Waals surface area contributed by atoms with Crippen LogP contribution in [-0.2, 0) is 4.79 Å². The lowest BCUT2D eigenvalue weighted by Crippen LogP contribution is -2.40. The normalized spacial score (nSPS) is 21.2. The van der Waals surface area contributed by atoms with Crippen LogP contribution in [0.1, 0.15) is 44.7 Å².